The quantitative estimate of drug-likeness (QED) is 0.744. The Bertz CT molecular complexity index is 240. The first kappa shape index (κ1) is 10.9. The Labute approximate surface area is 92.2 Å². The van der Waals surface area contributed by atoms with E-state index in [4.69, 9.17) is 0 Å². The van der Waals surface area contributed by atoms with Crippen molar-refractivity contribution in [3.63, 3.8) is 0 Å². The van der Waals surface area contributed by atoms with Crippen LogP contribution in [-0.2, 0) is 4.79 Å². The molecule has 2 saturated heterocycles. The van der Waals surface area contributed by atoms with Crippen molar-refractivity contribution in [2.75, 3.05) is 19.6 Å². The molecule has 2 atom stereocenters. The van der Waals surface area contributed by atoms with E-state index in [0.29, 0.717) is 23.8 Å². The van der Waals surface area contributed by atoms with E-state index in [-0.39, 0.29) is 0 Å². The van der Waals surface area contributed by atoms with Crippen molar-refractivity contribution in [2.45, 2.75) is 39.2 Å². The fraction of sp³-hybridized carbons (Fsp3) is 0.917. The summed E-state index contributed by atoms with van der Waals surface area (Å²) in [5, 5.41) is 3.43. The van der Waals surface area contributed by atoms with Crippen LogP contribution in [0.5, 0.6) is 0 Å². The zero-order valence-corrected chi connectivity index (χ0v) is 9.83. The molecule has 0 aromatic carbocycles. The van der Waals surface area contributed by atoms with Crippen LogP contribution in [0.2, 0.25) is 0 Å². The third-order valence-electron chi connectivity index (χ3n) is 3.58. The predicted octanol–water partition coefficient (Wildman–Crippen LogP) is 1.24. The Hall–Kier alpha value is -0.570. The minimum Gasteiger partial charge on any atom is -0.339 e. The van der Waals surface area contributed by atoms with E-state index in [1.165, 1.54) is 0 Å². The van der Waals surface area contributed by atoms with Crippen LogP contribution in [0.3, 0.4) is 0 Å². The average molecular weight is 210 g/mol. The molecule has 3 nitrogen and oxygen atoms in total. The van der Waals surface area contributed by atoms with Crippen LogP contribution in [0, 0.1) is 11.8 Å². The normalized spacial score (nSPS) is 31.9. The van der Waals surface area contributed by atoms with E-state index in [0.717, 1.165) is 38.9 Å². The van der Waals surface area contributed by atoms with Gasteiger partial charge >= 0.3 is 0 Å². The number of fused-ring (bicyclic) bond motifs is 1. The van der Waals surface area contributed by atoms with Gasteiger partial charge in [0, 0.05) is 19.0 Å². The lowest BCUT2D eigenvalue weighted by molar-refractivity contribution is -0.140. The molecule has 0 saturated carbocycles. The maximum absolute atomic E-state index is 11.9. The van der Waals surface area contributed by atoms with E-state index >= 15 is 0 Å². The van der Waals surface area contributed by atoms with Crippen molar-refractivity contribution in [2.24, 2.45) is 11.8 Å². The molecule has 0 aromatic rings. The highest BCUT2D eigenvalue weighted by molar-refractivity contribution is 5.77. The largest absolute Gasteiger partial charge is 0.339 e. The molecule has 0 aromatic heterocycles. The van der Waals surface area contributed by atoms with Crippen molar-refractivity contribution in [1.82, 2.24) is 10.2 Å². The van der Waals surface area contributed by atoms with Crippen molar-refractivity contribution in [3.8, 4) is 0 Å². The van der Waals surface area contributed by atoms with Crippen LogP contribution in [0.25, 0.3) is 0 Å². The summed E-state index contributed by atoms with van der Waals surface area (Å²) < 4.78 is 0. The number of likely N-dealkylation sites (tertiary alicyclic amines) is 1. The van der Waals surface area contributed by atoms with Gasteiger partial charge in [0.25, 0.3) is 0 Å². The number of amides is 1. The maximum atomic E-state index is 11.9. The minimum absolute atomic E-state index is 0.381. The Morgan fingerprint density at radius 3 is 3.00 bits per heavy atom. The fourth-order valence-corrected chi connectivity index (χ4v) is 2.88. The third-order valence-corrected chi connectivity index (χ3v) is 3.58. The minimum atomic E-state index is 0.381. The molecule has 2 fully saturated rings. The van der Waals surface area contributed by atoms with E-state index in [9.17, 15) is 4.79 Å². The second-order valence-electron chi connectivity index (χ2n) is 5.30. The van der Waals surface area contributed by atoms with Gasteiger partial charge in [-0.05, 0) is 37.8 Å². The SMILES string of the molecule is CC(C)CN1C(=O)CCC2CNCCC21. The van der Waals surface area contributed by atoms with Gasteiger partial charge in [-0.1, -0.05) is 13.8 Å². The van der Waals surface area contributed by atoms with Crippen molar-refractivity contribution in [3.05, 3.63) is 0 Å². The summed E-state index contributed by atoms with van der Waals surface area (Å²) in [4.78, 5) is 14.0. The maximum Gasteiger partial charge on any atom is 0.222 e. The van der Waals surface area contributed by atoms with Crippen LogP contribution in [0.1, 0.15) is 33.1 Å². The van der Waals surface area contributed by atoms with E-state index in [2.05, 4.69) is 24.1 Å². The lowest BCUT2D eigenvalue weighted by Gasteiger charge is -2.44. The molecule has 2 aliphatic heterocycles. The van der Waals surface area contributed by atoms with Crippen LogP contribution in [0.4, 0.5) is 0 Å². The van der Waals surface area contributed by atoms with Crippen LogP contribution in [-0.4, -0.2) is 36.5 Å². The lowest BCUT2D eigenvalue weighted by Crippen LogP contribution is -2.55. The number of nitrogens with zero attached hydrogens (tertiary/aromatic N) is 1. The molecule has 2 aliphatic rings. The van der Waals surface area contributed by atoms with Crippen LogP contribution < -0.4 is 5.32 Å². The summed E-state index contributed by atoms with van der Waals surface area (Å²) in [5.41, 5.74) is 0. The molecule has 2 heterocycles. The molecule has 2 rings (SSSR count). The molecule has 1 amide bonds. The second-order valence-corrected chi connectivity index (χ2v) is 5.30. The van der Waals surface area contributed by atoms with Gasteiger partial charge in [-0.15, -0.1) is 0 Å². The van der Waals surface area contributed by atoms with Gasteiger partial charge in [0.05, 0.1) is 0 Å². The zero-order valence-electron chi connectivity index (χ0n) is 9.83. The molecular weight excluding hydrogens is 188 g/mol. The summed E-state index contributed by atoms with van der Waals surface area (Å²) in [6, 6.07) is 0.523. The number of nitrogens with one attached hydrogen (secondary N) is 1. The number of hydrogen-bond donors (Lipinski definition) is 1. The third kappa shape index (κ3) is 2.33. The number of piperidine rings is 2. The topological polar surface area (TPSA) is 32.3 Å². The first-order chi connectivity index (χ1) is 7.18. The van der Waals surface area contributed by atoms with Gasteiger partial charge < -0.3 is 10.2 Å². The Morgan fingerprint density at radius 2 is 2.27 bits per heavy atom. The molecule has 0 spiro atoms. The number of rotatable bonds is 2. The highest BCUT2D eigenvalue weighted by atomic mass is 16.2. The molecule has 0 radical (unpaired) electrons. The molecule has 3 heteroatoms. The molecule has 1 N–H and O–H groups in total. The van der Waals surface area contributed by atoms with Gasteiger partial charge in [0.1, 0.15) is 0 Å². The molecule has 86 valence electrons. The van der Waals surface area contributed by atoms with E-state index in [1.54, 1.807) is 0 Å². The smallest absolute Gasteiger partial charge is 0.222 e. The Kier molecular flexibility index (Phi) is 3.29. The summed E-state index contributed by atoms with van der Waals surface area (Å²) in [6.45, 7) is 7.51. The van der Waals surface area contributed by atoms with Gasteiger partial charge in [-0.3, -0.25) is 4.79 Å². The lowest BCUT2D eigenvalue weighted by atomic mass is 9.84. The van der Waals surface area contributed by atoms with Gasteiger partial charge in [-0.25, -0.2) is 0 Å². The Morgan fingerprint density at radius 1 is 1.47 bits per heavy atom. The standard InChI is InChI=1S/C12H22N2O/c1-9(2)8-14-11-5-6-13-7-10(11)3-4-12(14)15/h9-11,13H,3-8H2,1-2H3. The van der Waals surface area contributed by atoms with Crippen LogP contribution >= 0.6 is 0 Å². The van der Waals surface area contributed by atoms with E-state index < -0.39 is 0 Å². The summed E-state index contributed by atoms with van der Waals surface area (Å²) >= 11 is 0. The number of carbonyl (C=O) groups is 1. The predicted molar refractivity (Wildman–Crippen MR) is 60.5 cm³/mol. The highest BCUT2D eigenvalue weighted by Gasteiger charge is 2.36. The van der Waals surface area contributed by atoms with Crippen molar-refractivity contribution < 1.29 is 4.79 Å². The molecule has 2 unspecified atom stereocenters. The highest BCUT2D eigenvalue weighted by Crippen LogP contribution is 2.28. The molecule has 0 aliphatic carbocycles. The number of carbonyl (C=O) groups excluding carboxylic acids is 1. The van der Waals surface area contributed by atoms with Gasteiger partial charge in [0.15, 0.2) is 0 Å². The summed E-state index contributed by atoms with van der Waals surface area (Å²) in [5.74, 6) is 1.67. The summed E-state index contributed by atoms with van der Waals surface area (Å²) in [7, 11) is 0. The first-order valence-electron chi connectivity index (χ1n) is 6.18. The number of hydrogen-bond acceptors (Lipinski definition) is 2. The molecule has 15 heavy (non-hydrogen) atoms. The molecule has 0 bridgehead atoms. The van der Waals surface area contributed by atoms with Gasteiger partial charge in [0.2, 0.25) is 5.91 Å². The van der Waals surface area contributed by atoms with Crippen LogP contribution in [0.15, 0.2) is 0 Å². The van der Waals surface area contributed by atoms with Gasteiger partial charge in [-0.2, -0.15) is 0 Å². The average Bonchev–Trinajstić information content (AvgIpc) is 2.22. The monoisotopic (exact) mass is 210 g/mol. The summed E-state index contributed by atoms with van der Waals surface area (Å²) in [6.07, 6.45) is 2.99. The fourth-order valence-electron chi connectivity index (χ4n) is 2.88. The second kappa shape index (κ2) is 4.52. The van der Waals surface area contributed by atoms with Crippen molar-refractivity contribution in [1.29, 1.82) is 0 Å². The van der Waals surface area contributed by atoms with E-state index in [1.807, 2.05) is 0 Å². The Balaban J connectivity index is 2.05. The molecular formula is C12H22N2O. The zero-order chi connectivity index (χ0) is 10.8. The first-order valence-corrected chi connectivity index (χ1v) is 6.18. The van der Waals surface area contributed by atoms with Crippen molar-refractivity contribution >= 4 is 5.91 Å².